The molecule has 2 N–H and O–H groups in total. The number of carbonyl (C=O) groups is 1. The van der Waals surface area contributed by atoms with Gasteiger partial charge in [0.1, 0.15) is 11.4 Å². The largest absolute Gasteiger partial charge is 0.497 e. The van der Waals surface area contributed by atoms with Gasteiger partial charge in [-0.25, -0.2) is 9.97 Å². The quantitative estimate of drug-likeness (QED) is 0.645. The molecule has 0 bridgehead atoms. The lowest BCUT2D eigenvalue weighted by atomic mass is 10.1. The van der Waals surface area contributed by atoms with Gasteiger partial charge in [0.15, 0.2) is 0 Å². The van der Waals surface area contributed by atoms with Crippen LogP contribution >= 0.6 is 0 Å². The summed E-state index contributed by atoms with van der Waals surface area (Å²) in [4.78, 5) is 21.1. The summed E-state index contributed by atoms with van der Waals surface area (Å²) in [5, 5.41) is 14.9. The lowest BCUT2D eigenvalue weighted by Crippen LogP contribution is -2.27. The molecular weight excluding hydrogens is 366 g/mol. The van der Waals surface area contributed by atoms with Crippen LogP contribution in [0, 0.1) is 18.3 Å². The van der Waals surface area contributed by atoms with E-state index in [1.165, 1.54) is 0 Å². The number of aromatic nitrogens is 2. The Balaban J connectivity index is 1.63. The average Bonchev–Trinajstić information content (AvgIpc) is 2.74. The van der Waals surface area contributed by atoms with Crippen LogP contribution in [0.4, 0.5) is 11.6 Å². The molecular formula is C22H21N5O2. The van der Waals surface area contributed by atoms with Gasteiger partial charge in [0.2, 0.25) is 5.95 Å². The van der Waals surface area contributed by atoms with Crippen molar-refractivity contribution in [1.82, 2.24) is 15.3 Å². The maximum absolute atomic E-state index is 12.5. The van der Waals surface area contributed by atoms with Gasteiger partial charge in [-0.05, 0) is 55.3 Å². The van der Waals surface area contributed by atoms with Crippen LogP contribution in [0.5, 0.6) is 5.75 Å². The van der Waals surface area contributed by atoms with Crippen molar-refractivity contribution in [2.24, 2.45) is 0 Å². The minimum Gasteiger partial charge on any atom is -0.497 e. The van der Waals surface area contributed by atoms with Crippen molar-refractivity contribution in [1.29, 1.82) is 5.26 Å². The van der Waals surface area contributed by atoms with Gasteiger partial charge in [0, 0.05) is 17.9 Å². The lowest BCUT2D eigenvalue weighted by molar-refractivity contribution is 0.0949. The summed E-state index contributed by atoms with van der Waals surface area (Å²) in [6.07, 6.45) is 0.700. The van der Waals surface area contributed by atoms with E-state index < -0.39 is 0 Å². The van der Waals surface area contributed by atoms with E-state index in [1.807, 2.05) is 24.3 Å². The number of rotatable bonds is 7. The number of amides is 1. The lowest BCUT2D eigenvalue weighted by Gasteiger charge is -2.09. The van der Waals surface area contributed by atoms with Crippen LogP contribution < -0.4 is 15.4 Å². The third kappa shape index (κ3) is 5.53. The molecule has 0 fully saturated rings. The van der Waals surface area contributed by atoms with Crippen LogP contribution in [0.2, 0.25) is 0 Å². The highest BCUT2D eigenvalue weighted by Crippen LogP contribution is 2.15. The normalized spacial score (nSPS) is 10.1. The van der Waals surface area contributed by atoms with Crippen molar-refractivity contribution >= 4 is 17.5 Å². The monoisotopic (exact) mass is 387 g/mol. The first kappa shape index (κ1) is 19.8. The molecule has 0 atom stereocenters. The molecule has 0 radical (unpaired) electrons. The zero-order chi connectivity index (χ0) is 20.6. The Bertz CT molecular complexity index is 1040. The summed E-state index contributed by atoms with van der Waals surface area (Å²) in [5.41, 5.74) is 3.26. The summed E-state index contributed by atoms with van der Waals surface area (Å²) in [6.45, 7) is 2.29. The molecule has 1 heterocycles. The molecule has 0 aliphatic carbocycles. The minimum absolute atomic E-state index is 0.266. The van der Waals surface area contributed by atoms with Gasteiger partial charge in [0.25, 0.3) is 5.91 Å². The summed E-state index contributed by atoms with van der Waals surface area (Å²) >= 11 is 0. The van der Waals surface area contributed by atoms with Gasteiger partial charge in [-0.1, -0.05) is 18.2 Å². The van der Waals surface area contributed by atoms with Gasteiger partial charge in [-0.15, -0.1) is 0 Å². The Morgan fingerprint density at radius 2 is 1.93 bits per heavy atom. The Morgan fingerprint density at radius 1 is 1.14 bits per heavy atom. The maximum atomic E-state index is 12.5. The van der Waals surface area contributed by atoms with Gasteiger partial charge < -0.3 is 15.4 Å². The molecule has 0 unspecified atom stereocenters. The van der Waals surface area contributed by atoms with Crippen LogP contribution in [-0.2, 0) is 6.42 Å². The highest BCUT2D eigenvalue weighted by atomic mass is 16.5. The van der Waals surface area contributed by atoms with Crippen LogP contribution in [0.15, 0.2) is 54.6 Å². The fourth-order valence-corrected chi connectivity index (χ4v) is 2.74. The number of nitriles is 1. The van der Waals surface area contributed by atoms with Crippen LogP contribution in [0.25, 0.3) is 0 Å². The van der Waals surface area contributed by atoms with Crippen molar-refractivity contribution in [2.75, 3.05) is 19.0 Å². The smallest absolute Gasteiger partial charge is 0.270 e. The number of hydrogen-bond acceptors (Lipinski definition) is 6. The fraction of sp³-hybridized carbons (Fsp3) is 0.182. The molecule has 3 rings (SSSR count). The molecule has 0 aliphatic rings. The van der Waals surface area contributed by atoms with Crippen molar-refractivity contribution in [3.8, 4) is 11.8 Å². The number of nitrogens with zero attached hydrogens (tertiary/aromatic N) is 3. The standard InChI is InChI=1S/C22H21N5O2/c1-15-12-20(21(28)24-11-10-16-6-8-19(29-2)9-7-16)27-22(25-15)26-18-5-3-4-17(13-18)14-23/h3-9,12-13H,10-11H2,1-2H3,(H,24,28)(H,25,26,27). The molecule has 1 amide bonds. The van der Waals surface area contributed by atoms with Crippen molar-refractivity contribution < 1.29 is 9.53 Å². The number of aryl methyl sites for hydroxylation is 1. The van der Waals surface area contributed by atoms with E-state index in [4.69, 9.17) is 10.00 Å². The molecule has 0 saturated heterocycles. The third-order valence-corrected chi connectivity index (χ3v) is 4.19. The van der Waals surface area contributed by atoms with Crippen molar-refractivity contribution in [3.63, 3.8) is 0 Å². The van der Waals surface area contributed by atoms with Crippen LogP contribution in [0.3, 0.4) is 0 Å². The second kappa shape index (κ2) is 9.33. The zero-order valence-electron chi connectivity index (χ0n) is 16.3. The van der Waals surface area contributed by atoms with E-state index in [2.05, 4.69) is 26.7 Å². The van der Waals surface area contributed by atoms with E-state index in [9.17, 15) is 4.79 Å². The Hall–Kier alpha value is -3.92. The average molecular weight is 387 g/mol. The maximum Gasteiger partial charge on any atom is 0.270 e. The zero-order valence-corrected chi connectivity index (χ0v) is 16.3. The van der Waals surface area contributed by atoms with Gasteiger partial charge in [-0.3, -0.25) is 4.79 Å². The van der Waals surface area contributed by atoms with E-state index >= 15 is 0 Å². The fourth-order valence-electron chi connectivity index (χ4n) is 2.74. The highest BCUT2D eigenvalue weighted by Gasteiger charge is 2.11. The molecule has 7 nitrogen and oxygen atoms in total. The Labute approximate surface area is 169 Å². The van der Waals surface area contributed by atoms with E-state index in [1.54, 1.807) is 44.4 Å². The number of anilines is 2. The van der Waals surface area contributed by atoms with Gasteiger partial charge in [-0.2, -0.15) is 5.26 Å². The number of carbonyl (C=O) groups excluding carboxylic acids is 1. The first-order valence-electron chi connectivity index (χ1n) is 9.11. The summed E-state index contributed by atoms with van der Waals surface area (Å²) in [7, 11) is 1.63. The first-order valence-corrected chi connectivity index (χ1v) is 9.11. The molecule has 146 valence electrons. The summed E-state index contributed by atoms with van der Waals surface area (Å²) in [5.74, 6) is 0.841. The Kier molecular flexibility index (Phi) is 6.38. The minimum atomic E-state index is -0.266. The summed E-state index contributed by atoms with van der Waals surface area (Å²) in [6, 6.07) is 18.4. The molecule has 0 aliphatic heterocycles. The second-order valence-electron chi connectivity index (χ2n) is 6.39. The molecule has 7 heteroatoms. The SMILES string of the molecule is COc1ccc(CCNC(=O)c2cc(C)nc(Nc3cccc(C#N)c3)n2)cc1. The van der Waals surface area contributed by atoms with E-state index in [0.717, 1.165) is 11.3 Å². The second-order valence-corrected chi connectivity index (χ2v) is 6.39. The topological polar surface area (TPSA) is 99.9 Å². The summed E-state index contributed by atoms with van der Waals surface area (Å²) < 4.78 is 5.14. The predicted octanol–water partition coefficient (Wildman–Crippen LogP) is 3.38. The molecule has 1 aromatic heterocycles. The number of hydrogen-bond donors (Lipinski definition) is 2. The predicted molar refractivity (Wildman–Crippen MR) is 110 cm³/mol. The number of benzene rings is 2. The van der Waals surface area contributed by atoms with Crippen molar-refractivity contribution in [2.45, 2.75) is 13.3 Å². The number of ether oxygens (including phenoxy) is 1. The number of nitrogens with one attached hydrogen (secondary N) is 2. The van der Waals surface area contributed by atoms with Crippen LogP contribution in [-0.4, -0.2) is 29.5 Å². The highest BCUT2D eigenvalue weighted by molar-refractivity contribution is 5.92. The molecule has 0 spiro atoms. The van der Waals surface area contributed by atoms with Gasteiger partial charge in [0.05, 0.1) is 18.7 Å². The van der Waals surface area contributed by atoms with Crippen LogP contribution in [0.1, 0.15) is 27.3 Å². The molecule has 2 aromatic carbocycles. The van der Waals surface area contributed by atoms with Crippen molar-refractivity contribution in [3.05, 3.63) is 77.1 Å². The molecule has 29 heavy (non-hydrogen) atoms. The van der Waals surface area contributed by atoms with E-state index in [0.29, 0.717) is 35.9 Å². The van der Waals surface area contributed by atoms with E-state index in [-0.39, 0.29) is 11.6 Å². The van der Waals surface area contributed by atoms with Gasteiger partial charge >= 0.3 is 0 Å². The Morgan fingerprint density at radius 3 is 2.66 bits per heavy atom. The number of methoxy groups -OCH3 is 1. The molecule has 0 saturated carbocycles. The third-order valence-electron chi connectivity index (χ3n) is 4.19. The first-order chi connectivity index (χ1) is 14.1. The molecule has 3 aromatic rings.